The van der Waals surface area contributed by atoms with Crippen LogP contribution in [0.25, 0.3) is 17.2 Å². The van der Waals surface area contributed by atoms with E-state index in [0.717, 1.165) is 5.57 Å². The van der Waals surface area contributed by atoms with Gasteiger partial charge in [-0.25, -0.2) is 0 Å². The molecule has 3 N–H and O–H groups in total. The summed E-state index contributed by atoms with van der Waals surface area (Å²) < 4.78 is 77.3. The Morgan fingerprint density at radius 3 is 2.09 bits per heavy atom. The zero-order valence-corrected chi connectivity index (χ0v) is 30.0. The summed E-state index contributed by atoms with van der Waals surface area (Å²) in [4.78, 5) is 4.16. The number of hydrogen-bond acceptors (Lipinski definition) is 9. The molecule has 0 aliphatic carbocycles. The summed E-state index contributed by atoms with van der Waals surface area (Å²) in [5.74, 6) is 0.606. The molecule has 0 unspecified atom stereocenters. The minimum Gasteiger partial charge on any atom is -0.870 e. The molecule has 0 spiro atoms. The highest BCUT2D eigenvalue weighted by atomic mass is 35.5. The maximum atomic E-state index is 11.3. The number of halogens is 2. The third-order valence-electron chi connectivity index (χ3n) is 7.32. The van der Waals surface area contributed by atoms with Crippen LogP contribution in [0, 0.1) is 0 Å². The van der Waals surface area contributed by atoms with Crippen molar-refractivity contribution in [1.82, 2.24) is 4.90 Å². The summed E-state index contributed by atoms with van der Waals surface area (Å²) in [5, 5.41) is 0.966. The van der Waals surface area contributed by atoms with Crippen molar-refractivity contribution < 1.29 is 45.1 Å². The van der Waals surface area contributed by atoms with E-state index in [1.807, 2.05) is 6.92 Å². The Hall–Kier alpha value is -2.69. The Labute approximate surface area is 287 Å². The molecular formula is C31H43Cl2N3O9S2. The molecule has 262 valence electrons. The monoisotopic (exact) mass is 735 g/mol. The van der Waals surface area contributed by atoms with Gasteiger partial charge in [0.05, 0.1) is 23.3 Å². The van der Waals surface area contributed by atoms with Gasteiger partial charge in [-0.1, -0.05) is 50.9 Å². The van der Waals surface area contributed by atoms with E-state index >= 15 is 0 Å². The van der Waals surface area contributed by atoms with Gasteiger partial charge < -0.3 is 24.4 Å². The minimum absolute atomic E-state index is 0. The Morgan fingerprint density at radius 1 is 0.915 bits per heavy atom. The molecular weight excluding hydrogens is 693 g/mol. The van der Waals surface area contributed by atoms with Gasteiger partial charge in [0.1, 0.15) is 0 Å². The SMILES string of the molecule is CCC(=Cc1oc2ccc(Cl)cc2[n+]1CCCS(=O)(=O)O)C=C1Oc2ccc(Cl)cc2N1CCCS(=O)(=O)O.CCN(CC)CC.[OH-]. The zero-order valence-electron chi connectivity index (χ0n) is 26.9. The predicted octanol–water partition coefficient (Wildman–Crippen LogP) is 6.29. The number of hydrogen-bond donors (Lipinski definition) is 2. The van der Waals surface area contributed by atoms with Crippen LogP contribution in [0.5, 0.6) is 5.75 Å². The largest absolute Gasteiger partial charge is 0.870 e. The van der Waals surface area contributed by atoms with Crippen molar-refractivity contribution in [2.75, 3.05) is 42.6 Å². The lowest BCUT2D eigenvalue weighted by Gasteiger charge is -2.18. The van der Waals surface area contributed by atoms with Crippen LogP contribution in [0.3, 0.4) is 0 Å². The van der Waals surface area contributed by atoms with Crippen molar-refractivity contribution in [1.29, 1.82) is 0 Å². The van der Waals surface area contributed by atoms with E-state index in [9.17, 15) is 16.8 Å². The van der Waals surface area contributed by atoms with Crippen molar-refractivity contribution in [3.8, 4) is 5.75 Å². The number of nitrogens with zero attached hydrogens (tertiary/aromatic N) is 3. The molecule has 0 saturated carbocycles. The van der Waals surface area contributed by atoms with Crippen LogP contribution in [0.2, 0.25) is 10.0 Å². The summed E-state index contributed by atoms with van der Waals surface area (Å²) in [6, 6.07) is 10.2. The van der Waals surface area contributed by atoms with E-state index in [-0.39, 0.29) is 31.4 Å². The van der Waals surface area contributed by atoms with E-state index < -0.39 is 31.7 Å². The first-order chi connectivity index (χ1) is 21.7. The number of ether oxygens (including phenoxy) is 1. The van der Waals surface area contributed by atoms with Gasteiger partial charge in [-0.3, -0.25) is 9.11 Å². The number of aryl methyl sites for hydroxylation is 1. The van der Waals surface area contributed by atoms with Gasteiger partial charge >= 0.3 is 5.89 Å². The predicted molar refractivity (Wildman–Crippen MR) is 185 cm³/mol. The molecule has 1 aliphatic rings. The Balaban J connectivity index is 0.000000864. The van der Waals surface area contributed by atoms with Crippen LogP contribution in [0.1, 0.15) is 52.8 Å². The average molecular weight is 737 g/mol. The van der Waals surface area contributed by atoms with Crippen molar-refractivity contribution in [3.63, 3.8) is 0 Å². The first-order valence-corrected chi connectivity index (χ1v) is 19.1. The molecule has 12 nitrogen and oxygen atoms in total. The summed E-state index contributed by atoms with van der Waals surface area (Å²) >= 11 is 12.4. The lowest BCUT2D eigenvalue weighted by molar-refractivity contribution is -0.677. The lowest BCUT2D eigenvalue weighted by atomic mass is 10.1. The third kappa shape index (κ3) is 12.4. The molecule has 4 rings (SSSR count). The molecule has 0 bridgehead atoms. The maximum Gasteiger partial charge on any atom is 0.374 e. The fourth-order valence-electron chi connectivity index (χ4n) is 4.87. The van der Waals surface area contributed by atoms with Crippen molar-refractivity contribution in [2.24, 2.45) is 0 Å². The quantitative estimate of drug-likeness (QED) is 0.141. The van der Waals surface area contributed by atoms with Crippen molar-refractivity contribution in [2.45, 2.75) is 53.5 Å². The van der Waals surface area contributed by atoms with Gasteiger partial charge in [0.25, 0.3) is 25.8 Å². The van der Waals surface area contributed by atoms with Crippen LogP contribution < -0.4 is 14.2 Å². The second-order valence-corrected chi connectivity index (χ2v) is 14.5. The zero-order chi connectivity index (χ0) is 34.1. The average Bonchev–Trinajstić information content (AvgIpc) is 3.49. The fraction of sp³-hybridized carbons (Fsp3) is 0.452. The smallest absolute Gasteiger partial charge is 0.374 e. The van der Waals surface area contributed by atoms with Gasteiger partial charge in [-0.05, 0) is 68.4 Å². The van der Waals surface area contributed by atoms with Gasteiger partial charge in [-0.15, -0.1) is 0 Å². The van der Waals surface area contributed by atoms with E-state index in [0.29, 0.717) is 50.8 Å². The Kier molecular flexibility index (Phi) is 15.7. The topological polar surface area (TPSA) is 171 Å². The molecule has 0 fully saturated rings. The standard InChI is InChI=1S/C25H26Cl2N2O8S2.C6H15N.H2O/c1-2-17(13-24-28(9-3-11-38(30,31)32)20-15-18(26)5-7-22(20)36-24)14-25-29(10-4-12-39(33,34)35)21-16-19(27)6-8-23(21)37-25;1-4-7(5-2)6-3;/h5-8,13-16H,2-4,9-12H2,1H3,(H-,30,31,32,33,34,35);4-6H2,1-3H3;1H2. The summed E-state index contributed by atoms with van der Waals surface area (Å²) in [5.41, 5.74) is 2.67. The van der Waals surface area contributed by atoms with Gasteiger partial charge in [-0.2, -0.15) is 21.4 Å². The minimum atomic E-state index is -4.13. The van der Waals surface area contributed by atoms with E-state index in [4.69, 9.17) is 41.5 Å². The second kappa shape index (κ2) is 18.2. The number of oxazole rings is 1. The second-order valence-electron chi connectivity index (χ2n) is 10.5. The Morgan fingerprint density at radius 2 is 1.51 bits per heavy atom. The number of anilines is 1. The fourth-order valence-corrected chi connectivity index (χ4v) is 6.19. The van der Waals surface area contributed by atoms with Crippen molar-refractivity contribution in [3.05, 3.63) is 69.9 Å². The first kappa shape index (κ1) is 40.5. The van der Waals surface area contributed by atoms with Crippen LogP contribution in [0.15, 0.2) is 58.3 Å². The molecule has 0 radical (unpaired) electrons. The third-order valence-corrected chi connectivity index (χ3v) is 9.40. The summed E-state index contributed by atoms with van der Waals surface area (Å²) in [7, 11) is -8.25. The molecule has 16 heteroatoms. The Bertz CT molecular complexity index is 1770. The highest BCUT2D eigenvalue weighted by Gasteiger charge is 2.28. The molecule has 2 heterocycles. The van der Waals surface area contributed by atoms with Crippen LogP contribution >= 0.6 is 23.2 Å². The van der Waals surface area contributed by atoms with Gasteiger partial charge in [0.2, 0.25) is 11.5 Å². The molecule has 47 heavy (non-hydrogen) atoms. The van der Waals surface area contributed by atoms with E-state index in [1.54, 1.807) is 58.0 Å². The molecule has 0 amide bonds. The van der Waals surface area contributed by atoms with E-state index in [1.165, 1.54) is 19.6 Å². The number of fused-ring (bicyclic) bond motifs is 2. The molecule has 1 aromatic heterocycles. The number of allylic oxidation sites excluding steroid dienone is 2. The highest BCUT2D eigenvalue weighted by Crippen LogP contribution is 2.41. The maximum absolute atomic E-state index is 11.3. The molecule has 1 aliphatic heterocycles. The molecule has 3 aromatic rings. The molecule has 0 atom stereocenters. The van der Waals surface area contributed by atoms with Crippen molar-refractivity contribution >= 4 is 66.3 Å². The van der Waals surface area contributed by atoms with Gasteiger partial charge in [0.15, 0.2) is 12.3 Å². The van der Waals surface area contributed by atoms with Crippen LogP contribution in [-0.2, 0) is 26.8 Å². The number of aromatic nitrogens is 1. The number of benzene rings is 2. The summed E-state index contributed by atoms with van der Waals surface area (Å²) in [6.45, 7) is 12.6. The molecule has 2 aromatic carbocycles. The van der Waals surface area contributed by atoms with Crippen LogP contribution in [0.4, 0.5) is 5.69 Å². The van der Waals surface area contributed by atoms with E-state index in [2.05, 4.69) is 25.7 Å². The molecule has 0 saturated heterocycles. The summed E-state index contributed by atoms with van der Waals surface area (Å²) in [6.07, 6.45) is 4.45. The number of rotatable bonds is 14. The highest BCUT2D eigenvalue weighted by molar-refractivity contribution is 7.86. The first-order valence-electron chi connectivity index (χ1n) is 15.1. The van der Waals surface area contributed by atoms with Crippen LogP contribution in [-0.4, -0.2) is 74.0 Å². The lowest BCUT2D eigenvalue weighted by Crippen LogP contribution is -2.36. The van der Waals surface area contributed by atoms with Gasteiger partial charge in [0, 0.05) is 35.2 Å². The normalized spacial score (nSPS) is 14.2.